The topological polar surface area (TPSA) is 106 Å². The first-order valence-corrected chi connectivity index (χ1v) is 11.3. The Morgan fingerprint density at radius 3 is 2.09 bits per heavy atom. The van der Waals surface area contributed by atoms with Crippen LogP contribution in [0.5, 0.6) is 5.75 Å². The Labute approximate surface area is 203 Å². The summed E-state index contributed by atoms with van der Waals surface area (Å²) >= 11 is 0. The molecule has 0 aliphatic carbocycles. The van der Waals surface area contributed by atoms with Gasteiger partial charge in [-0.3, -0.25) is 9.59 Å². The number of amides is 3. The Kier molecular flexibility index (Phi) is 7.30. The van der Waals surface area contributed by atoms with Crippen molar-refractivity contribution < 1.29 is 23.9 Å². The van der Waals surface area contributed by atoms with E-state index in [9.17, 15) is 14.4 Å². The van der Waals surface area contributed by atoms with E-state index in [2.05, 4.69) is 16.0 Å². The van der Waals surface area contributed by atoms with Crippen LogP contribution in [0, 0.1) is 0 Å². The van der Waals surface area contributed by atoms with E-state index in [4.69, 9.17) is 9.47 Å². The van der Waals surface area contributed by atoms with Crippen LogP contribution in [0.1, 0.15) is 18.1 Å². The van der Waals surface area contributed by atoms with Gasteiger partial charge in [0.05, 0.1) is 0 Å². The summed E-state index contributed by atoms with van der Waals surface area (Å²) in [5.41, 5.74) is 0.361. The lowest BCUT2D eigenvalue weighted by Gasteiger charge is -2.46. The van der Waals surface area contributed by atoms with Crippen molar-refractivity contribution in [1.29, 1.82) is 0 Å². The molecule has 4 rings (SSSR count). The Morgan fingerprint density at radius 1 is 0.914 bits per heavy atom. The highest BCUT2D eigenvalue weighted by Gasteiger charge is 2.55. The summed E-state index contributed by atoms with van der Waals surface area (Å²) in [5.74, 6) is -0.345. The molecule has 0 radical (unpaired) electrons. The van der Waals surface area contributed by atoms with Gasteiger partial charge in [0.15, 0.2) is 5.54 Å². The molecule has 3 amide bonds. The van der Waals surface area contributed by atoms with E-state index in [0.29, 0.717) is 5.75 Å². The van der Waals surface area contributed by atoms with E-state index >= 15 is 0 Å². The third-order valence-electron chi connectivity index (χ3n) is 5.74. The highest BCUT2D eigenvalue weighted by atomic mass is 16.5. The van der Waals surface area contributed by atoms with Crippen molar-refractivity contribution in [3.8, 4) is 5.75 Å². The predicted molar refractivity (Wildman–Crippen MR) is 129 cm³/mol. The normalized spacial score (nSPS) is 19.5. The molecule has 2 unspecified atom stereocenters. The number of hydrogen-bond acceptors (Lipinski definition) is 5. The molecule has 3 aromatic carbocycles. The average Bonchev–Trinajstić information content (AvgIpc) is 2.88. The number of nitrogens with one attached hydrogen (secondary N) is 3. The number of ether oxygens (including phenoxy) is 2. The minimum absolute atomic E-state index is 0.0689. The Balaban J connectivity index is 1.44. The van der Waals surface area contributed by atoms with Gasteiger partial charge in [0.25, 0.3) is 5.91 Å². The lowest BCUT2D eigenvalue weighted by Crippen LogP contribution is -2.80. The van der Waals surface area contributed by atoms with Crippen LogP contribution in [-0.2, 0) is 27.4 Å². The highest BCUT2D eigenvalue weighted by molar-refractivity contribution is 5.98. The van der Waals surface area contributed by atoms with Crippen molar-refractivity contribution in [3.63, 3.8) is 0 Å². The van der Waals surface area contributed by atoms with E-state index in [1.807, 2.05) is 78.9 Å². The van der Waals surface area contributed by atoms with Gasteiger partial charge < -0.3 is 25.4 Å². The second kappa shape index (κ2) is 10.7. The standard InChI is InChI=1S/C27H27N3O5/c1-27(24(32)29-25(27)35-21-15-9-4-10-16-21)30-23(31)22(17-19-11-5-2-6-12-19)28-26(33)34-18-20-13-7-3-8-14-20/h2-16,22,25H,17-18H2,1H3,(H,28,33)(H,29,32)(H,30,31)/t22-,25?,27?/m0/s1. The van der Waals surface area contributed by atoms with Crippen LogP contribution < -0.4 is 20.7 Å². The predicted octanol–water partition coefficient (Wildman–Crippen LogP) is 2.93. The highest BCUT2D eigenvalue weighted by Crippen LogP contribution is 2.24. The SMILES string of the molecule is CC1(NC(=O)[C@H](Cc2ccccc2)NC(=O)OCc2ccccc2)C(=O)NC1Oc1ccccc1. The summed E-state index contributed by atoms with van der Waals surface area (Å²) in [7, 11) is 0. The van der Waals surface area contributed by atoms with Crippen LogP contribution in [0.15, 0.2) is 91.0 Å². The van der Waals surface area contributed by atoms with Crippen LogP contribution in [0.3, 0.4) is 0 Å². The number of carbonyl (C=O) groups excluding carboxylic acids is 3. The van der Waals surface area contributed by atoms with Gasteiger partial charge >= 0.3 is 6.09 Å². The van der Waals surface area contributed by atoms with Gasteiger partial charge in [-0.2, -0.15) is 0 Å². The van der Waals surface area contributed by atoms with Crippen molar-refractivity contribution >= 4 is 17.9 Å². The first kappa shape index (κ1) is 23.8. The maximum atomic E-state index is 13.3. The summed E-state index contributed by atoms with van der Waals surface area (Å²) in [6, 6.07) is 26.5. The Bertz CT molecular complexity index is 1160. The first-order valence-electron chi connectivity index (χ1n) is 11.3. The molecule has 3 aromatic rings. The minimum Gasteiger partial charge on any atom is -0.468 e. The van der Waals surface area contributed by atoms with Crippen LogP contribution in [0.4, 0.5) is 4.79 Å². The zero-order chi connectivity index (χ0) is 24.7. The molecule has 1 aliphatic rings. The molecule has 0 aromatic heterocycles. The van der Waals surface area contributed by atoms with E-state index in [1.165, 1.54) is 0 Å². The molecule has 0 bridgehead atoms. The number of para-hydroxylation sites is 1. The van der Waals surface area contributed by atoms with Crippen molar-refractivity contribution in [2.45, 2.75) is 37.8 Å². The van der Waals surface area contributed by atoms with Gasteiger partial charge in [0.1, 0.15) is 18.4 Å². The molecule has 3 N–H and O–H groups in total. The van der Waals surface area contributed by atoms with Crippen molar-refractivity contribution in [2.24, 2.45) is 0 Å². The maximum absolute atomic E-state index is 13.3. The molecule has 1 saturated heterocycles. The third kappa shape index (κ3) is 5.97. The van der Waals surface area contributed by atoms with Crippen molar-refractivity contribution in [2.75, 3.05) is 0 Å². The molecule has 180 valence electrons. The molecule has 1 aliphatic heterocycles. The zero-order valence-electron chi connectivity index (χ0n) is 19.3. The second-order valence-electron chi connectivity index (χ2n) is 8.42. The molecule has 3 atom stereocenters. The van der Waals surface area contributed by atoms with E-state index in [1.54, 1.807) is 19.1 Å². The molecule has 0 spiro atoms. The van der Waals surface area contributed by atoms with Crippen LogP contribution in [-0.4, -0.2) is 35.7 Å². The number of carbonyl (C=O) groups is 3. The fourth-order valence-corrected chi connectivity index (χ4v) is 3.67. The number of benzene rings is 3. The third-order valence-corrected chi connectivity index (χ3v) is 5.74. The summed E-state index contributed by atoms with van der Waals surface area (Å²) in [6.45, 7) is 1.66. The molecular formula is C27H27N3O5. The summed E-state index contributed by atoms with van der Waals surface area (Å²) in [6.07, 6.45) is -1.27. The molecule has 1 fully saturated rings. The van der Waals surface area contributed by atoms with Crippen LogP contribution in [0.2, 0.25) is 0 Å². The van der Waals surface area contributed by atoms with Gasteiger partial charge in [0, 0.05) is 6.42 Å². The van der Waals surface area contributed by atoms with Gasteiger partial charge in [-0.25, -0.2) is 4.79 Å². The van der Waals surface area contributed by atoms with Crippen molar-refractivity contribution in [3.05, 3.63) is 102 Å². The fraction of sp³-hybridized carbons (Fsp3) is 0.222. The largest absolute Gasteiger partial charge is 0.468 e. The van der Waals surface area contributed by atoms with Crippen molar-refractivity contribution in [1.82, 2.24) is 16.0 Å². The van der Waals surface area contributed by atoms with E-state index in [-0.39, 0.29) is 18.9 Å². The number of hydrogen-bond donors (Lipinski definition) is 3. The van der Waals surface area contributed by atoms with E-state index < -0.39 is 29.8 Å². The number of β-lactam (4-membered cyclic amide) rings is 1. The molecule has 0 saturated carbocycles. The second-order valence-corrected chi connectivity index (χ2v) is 8.42. The maximum Gasteiger partial charge on any atom is 0.408 e. The van der Waals surface area contributed by atoms with Crippen LogP contribution in [0.25, 0.3) is 0 Å². The summed E-state index contributed by atoms with van der Waals surface area (Å²) < 4.78 is 11.1. The Hall–Kier alpha value is -4.33. The zero-order valence-corrected chi connectivity index (χ0v) is 19.3. The number of alkyl carbamates (subject to hydrolysis) is 1. The first-order chi connectivity index (χ1) is 16.9. The average molecular weight is 474 g/mol. The molecule has 35 heavy (non-hydrogen) atoms. The number of rotatable bonds is 9. The van der Waals surface area contributed by atoms with E-state index in [0.717, 1.165) is 11.1 Å². The molecule has 1 heterocycles. The monoisotopic (exact) mass is 473 g/mol. The van der Waals surface area contributed by atoms with Gasteiger partial charge in [-0.05, 0) is 30.2 Å². The quantitative estimate of drug-likeness (QED) is 0.415. The minimum atomic E-state index is -1.31. The summed E-state index contributed by atoms with van der Waals surface area (Å²) in [5, 5.41) is 8.07. The summed E-state index contributed by atoms with van der Waals surface area (Å²) in [4.78, 5) is 38.2. The molecule has 8 nitrogen and oxygen atoms in total. The van der Waals surface area contributed by atoms with Gasteiger partial charge in [-0.15, -0.1) is 0 Å². The fourth-order valence-electron chi connectivity index (χ4n) is 3.67. The smallest absolute Gasteiger partial charge is 0.408 e. The van der Waals surface area contributed by atoms with Gasteiger partial charge in [0.2, 0.25) is 12.1 Å². The lowest BCUT2D eigenvalue weighted by molar-refractivity contribution is -0.153. The molecular weight excluding hydrogens is 446 g/mol. The molecule has 8 heteroatoms. The van der Waals surface area contributed by atoms with Crippen LogP contribution >= 0.6 is 0 Å². The lowest BCUT2D eigenvalue weighted by atomic mass is 9.89. The Morgan fingerprint density at radius 2 is 1.49 bits per heavy atom. The van der Waals surface area contributed by atoms with Gasteiger partial charge in [-0.1, -0.05) is 78.9 Å².